The number of esters is 2. The third kappa shape index (κ3) is 5.76. The van der Waals surface area contributed by atoms with E-state index >= 15 is 4.39 Å². The maximum Gasteiger partial charge on any atom is 0.334 e. The molecule has 2 aromatic rings. The second-order valence-corrected chi connectivity index (χ2v) is 8.99. The molecular weight excluding hydrogens is 504 g/mol. The molecule has 3 rings (SSSR count). The molecule has 7 nitrogen and oxygen atoms in total. The Morgan fingerprint density at radius 2 is 1.77 bits per heavy atom. The summed E-state index contributed by atoms with van der Waals surface area (Å²) in [6.45, 7) is 1.71. The van der Waals surface area contributed by atoms with E-state index in [1.807, 2.05) is 0 Å². The molecule has 1 aromatic carbocycles. The van der Waals surface area contributed by atoms with Gasteiger partial charge in [0, 0.05) is 21.6 Å². The fourth-order valence-electron chi connectivity index (χ4n) is 3.73. The van der Waals surface area contributed by atoms with Gasteiger partial charge in [-0.1, -0.05) is 17.7 Å². The van der Waals surface area contributed by atoms with E-state index < -0.39 is 40.4 Å². The number of anilines is 1. The van der Waals surface area contributed by atoms with Gasteiger partial charge >= 0.3 is 11.9 Å². The largest absolute Gasteiger partial charge is 0.466 e. The summed E-state index contributed by atoms with van der Waals surface area (Å²) in [7, 11) is 1.17. The van der Waals surface area contributed by atoms with Crippen LogP contribution in [0.15, 0.2) is 35.4 Å². The minimum absolute atomic E-state index is 0.0125. The first-order valence-corrected chi connectivity index (χ1v) is 12.0. The molecule has 186 valence electrons. The van der Waals surface area contributed by atoms with E-state index in [-0.39, 0.29) is 52.5 Å². The summed E-state index contributed by atoms with van der Waals surface area (Å²) in [4.78, 5) is 52.0. The molecule has 0 radical (unpaired) electrons. The van der Waals surface area contributed by atoms with E-state index in [1.165, 1.54) is 19.2 Å². The van der Waals surface area contributed by atoms with Crippen LogP contribution in [-0.4, -0.2) is 37.5 Å². The van der Waals surface area contributed by atoms with Gasteiger partial charge in [-0.2, -0.15) is 4.39 Å². The average Bonchev–Trinajstić information content (AvgIpc) is 3.11. The van der Waals surface area contributed by atoms with Crippen molar-refractivity contribution in [2.24, 2.45) is 0 Å². The molecule has 0 N–H and O–H groups in total. The number of benzene rings is 1. The maximum absolute atomic E-state index is 15.2. The Hall–Kier alpha value is -3.11. The summed E-state index contributed by atoms with van der Waals surface area (Å²) < 4.78 is 38.7. The molecule has 1 aromatic heterocycles. The lowest BCUT2D eigenvalue weighted by atomic mass is 9.90. The summed E-state index contributed by atoms with van der Waals surface area (Å²) in [5, 5.41) is -1.32. The normalized spacial score (nSPS) is 13.4. The fourth-order valence-corrected chi connectivity index (χ4v) is 5.02. The van der Waals surface area contributed by atoms with E-state index in [0.717, 1.165) is 12.1 Å². The molecule has 0 bridgehead atoms. The predicted molar refractivity (Wildman–Crippen MR) is 125 cm³/mol. The monoisotopic (exact) mass is 525 g/mol. The second-order valence-electron chi connectivity index (χ2n) is 7.56. The highest BCUT2D eigenvalue weighted by Gasteiger charge is 2.37. The Labute approximate surface area is 209 Å². The minimum Gasteiger partial charge on any atom is -0.466 e. The van der Waals surface area contributed by atoms with Crippen LogP contribution in [0, 0.1) is 10.9 Å². The standard InChI is InChI=1S/C24H22ClF2NO6S/c1-3-34-18(29)12-17-19(25)20(21(27)35-17)28(22(30)13-7-6-8-14(26)11-13)23(31)15-9-4-5-10-16(15)24(32)33-2/h6-8,11H,3-5,9-10,12H2,1-2H3. The van der Waals surface area contributed by atoms with Crippen molar-refractivity contribution in [3.63, 3.8) is 0 Å². The molecule has 0 saturated heterocycles. The molecule has 0 fully saturated rings. The Balaban J connectivity index is 2.17. The van der Waals surface area contributed by atoms with E-state index in [0.29, 0.717) is 29.1 Å². The Bertz CT molecular complexity index is 1210. The number of hydrogen-bond acceptors (Lipinski definition) is 7. The van der Waals surface area contributed by atoms with Gasteiger partial charge in [0.1, 0.15) is 11.5 Å². The summed E-state index contributed by atoms with van der Waals surface area (Å²) in [5.41, 5.74) is -0.735. The number of methoxy groups -OCH3 is 1. The van der Waals surface area contributed by atoms with Crippen LogP contribution in [0.2, 0.25) is 5.02 Å². The van der Waals surface area contributed by atoms with Crippen LogP contribution in [-0.2, 0) is 30.3 Å². The van der Waals surface area contributed by atoms with E-state index in [2.05, 4.69) is 0 Å². The number of amides is 2. The van der Waals surface area contributed by atoms with Gasteiger partial charge in [0.25, 0.3) is 11.8 Å². The number of hydrogen-bond donors (Lipinski definition) is 0. The summed E-state index contributed by atoms with van der Waals surface area (Å²) in [6.07, 6.45) is 1.19. The molecular formula is C24H22ClF2NO6S. The van der Waals surface area contributed by atoms with Crippen molar-refractivity contribution in [1.82, 2.24) is 0 Å². The summed E-state index contributed by atoms with van der Waals surface area (Å²) in [6, 6.07) is 4.54. The molecule has 0 unspecified atom stereocenters. The average molecular weight is 526 g/mol. The number of ether oxygens (including phenoxy) is 2. The fraction of sp³-hybridized carbons (Fsp3) is 0.333. The van der Waals surface area contributed by atoms with Gasteiger partial charge in [0.05, 0.1) is 25.2 Å². The lowest BCUT2D eigenvalue weighted by molar-refractivity contribution is -0.142. The zero-order valence-electron chi connectivity index (χ0n) is 19.0. The van der Waals surface area contributed by atoms with Crippen molar-refractivity contribution in [3.05, 3.63) is 61.8 Å². The number of carbonyl (C=O) groups is 4. The predicted octanol–water partition coefficient (Wildman–Crippen LogP) is 5.00. The van der Waals surface area contributed by atoms with Gasteiger partial charge < -0.3 is 9.47 Å². The van der Waals surface area contributed by atoms with Gasteiger partial charge in [-0.3, -0.25) is 14.4 Å². The van der Waals surface area contributed by atoms with Gasteiger partial charge in [-0.05, 0) is 50.8 Å². The van der Waals surface area contributed by atoms with Gasteiger partial charge in [-0.25, -0.2) is 14.1 Å². The molecule has 2 amide bonds. The lowest BCUT2D eigenvalue weighted by Crippen LogP contribution is -2.40. The summed E-state index contributed by atoms with van der Waals surface area (Å²) in [5.74, 6) is -4.15. The minimum atomic E-state index is -1.04. The zero-order valence-corrected chi connectivity index (χ0v) is 20.6. The van der Waals surface area contributed by atoms with Gasteiger partial charge in [0.2, 0.25) is 5.13 Å². The van der Waals surface area contributed by atoms with Crippen LogP contribution in [0.1, 0.15) is 47.8 Å². The first-order chi connectivity index (χ1) is 16.7. The van der Waals surface area contributed by atoms with Crippen molar-refractivity contribution in [3.8, 4) is 0 Å². The smallest absolute Gasteiger partial charge is 0.334 e. The van der Waals surface area contributed by atoms with Crippen molar-refractivity contribution in [2.75, 3.05) is 18.6 Å². The van der Waals surface area contributed by atoms with E-state index in [1.54, 1.807) is 6.92 Å². The van der Waals surface area contributed by atoms with Crippen LogP contribution in [0.5, 0.6) is 0 Å². The topological polar surface area (TPSA) is 90.0 Å². The van der Waals surface area contributed by atoms with Crippen molar-refractivity contribution in [1.29, 1.82) is 0 Å². The molecule has 0 atom stereocenters. The van der Waals surface area contributed by atoms with Crippen molar-refractivity contribution >= 4 is 52.4 Å². The Morgan fingerprint density at radius 1 is 1.09 bits per heavy atom. The highest BCUT2D eigenvalue weighted by molar-refractivity contribution is 7.11. The molecule has 0 aliphatic heterocycles. The van der Waals surface area contributed by atoms with E-state index in [4.69, 9.17) is 21.1 Å². The Kier molecular flexibility index (Phi) is 8.74. The maximum atomic E-state index is 15.2. The van der Waals surface area contributed by atoms with Gasteiger partial charge in [-0.15, -0.1) is 11.3 Å². The number of imide groups is 1. The van der Waals surface area contributed by atoms with Crippen LogP contribution >= 0.6 is 22.9 Å². The van der Waals surface area contributed by atoms with Gasteiger partial charge in [0.15, 0.2) is 0 Å². The molecule has 35 heavy (non-hydrogen) atoms. The number of halogens is 3. The molecule has 1 heterocycles. The lowest BCUT2D eigenvalue weighted by Gasteiger charge is -2.25. The first kappa shape index (κ1) is 26.5. The molecule has 1 aliphatic carbocycles. The van der Waals surface area contributed by atoms with E-state index in [9.17, 15) is 23.6 Å². The molecule has 0 saturated carbocycles. The Morgan fingerprint density at radius 3 is 2.40 bits per heavy atom. The molecule has 1 aliphatic rings. The number of rotatable bonds is 7. The molecule has 11 heteroatoms. The highest BCUT2D eigenvalue weighted by Crippen LogP contribution is 2.41. The van der Waals surface area contributed by atoms with Crippen LogP contribution in [0.25, 0.3) is 0 Å². The number of nitrogens with zero attached hydrogens (tertiary/aromatic N) is 1. The second kappa shape index (κ2) is 11.5. The number of thiophene rings is 1. The first-order valence-electron chi connectivity index (χ1n) is 10.8. The highest BCUT2D eigenvalue weighted by atomic mass is 35.5. The van der Waals surface area contributed by atoms with Crippen LogP contribution in [0.3, 0.4) is 0 Å². The SMILES string of the molecule is CCOC(=O)Cc1sc(F)c(N(C(=O)C2=C(C(=O)OC)CCCC2)C(=O)c2cccc(F)c2)c1Cl. The van der Waals surface area contributed by atoms with Crippen molar-refractivity contribution < 1.29 is 37.4 Å². The summed E-state index contributed by atoms with van der Waals surface area (Å²) >= 11 is 6.86. The van der Waals surface area contributed by atoms with Crippen LogP contribution < -0.4 is 4.90 Å². The van der Waals surface area contributed by atoms with Crippen molar-refractivity contribution in [2.45, 2.75) is 39.0 Å². The molecule has 0 spiro atoms. The quantitative estimate of drug-likeness (QED) is 0.373. The third-order valence-corrected chi connectivity index (χ3v) is 6.81. The number of carbonyl (C=O) groups excluding carboxylic acids is 4. The zero-order chi connectivity index (χ0) is 25.7. The van der Waals surface area contributed by atoms with Crippen LogP contribution in [0.4, 0.5) is 14.5 Å². The third-order valence-electron chi connectivity index (χ3n) is 5.32.